The Morgan fingerprint density at radius 1 is 1.17 bits per heavy atom. The van der Waals surface area contributed by atoms with E-state index in [1.54, 1.807) is 18.9 Å². The lowest BCUT2D eigenvalue weighted by Gasteiger charge is -2.25. The quantitative estimate of drug-likeness (QED) is 0.385. The number of aromatic nitrogens is 1. The van der Waals surface area contributed by atoms with Crippen molar-refractivity contribution in [2.45, 2.75) is 35.4 Å². The van der Waals surface area contributed by atoms with Crippen LogP contribution in [-0.2, 0) is 4.74 Å². The molecule has 1 aliphatic rings. The molecule has 0 unspecified atom stereocenters. The summed E-state index contributed by atoms with van der Waals surface area (Å²) in [7, 11) is 1.72. The minimum atomic E-state index is -0.0652. The molecule has 7 heteroatoms. The molecule has 0 spiro atoms. The Morgan fingerprint density at radius 2 is 2.00 bits per heavy atom. The van der Waals surface area contributed by atoms with Crippen molar-refractivity contribution >= 4 is 29.1 Å². The maximum Gasteiger partial charge on any atom is 0.170 e. The van der Waals surface area contributed by atoms with E-state index in [2.05, 4.69) is 52.5 Å². The molecule has 3 aromatic rings. The number of pyridine rings is 1. The van der Waals surface area contributed by atoms with Crippen molar-refractivity contribution < 1.29 is 9.15 Å². The zero-order chi connectivity index (χ0) is 20.9. The van der Waals surface area contributed by atoms with Crippen LogP contribution in [0.15, 0.2) is 75.2 Å². The van der Waals surface area contributed by atoms with Gasteiger partial charge < -0.3 is 19.4 Å². The number of benzene rings is 1. The summed E-state index contributed by atoms with van der Waals surface area (Å²) in [5.41, 5.74) is 2.19. The van der Waals surface area contributed by atoms with Crippen LogP contribution in [0.2, 0.25) is 0 Å². The Bertz CT molecular complexity index is 976. The summed E-state index contributed by atoms with van der Waals surface area (Å²) >= 11 is 7.29. The largest absolute Gasteiger partial charge is 0.452 e. The summed E-state index contributed by atoms with van der Waals surface area (Å²) in [5.74, 6) is 0.880. The first-order valence-electron chi connectivity index (χ1n) is 9.97. The molecule has 5 nitrogen and oxygen atoms in total. The minimum Gasteiger partial charge on any atom is -0.452 e. The molecule has 0 amide bonds. The van der Waals surface area contributed by atoms with Crippen LogP contribution < -0.4 is 5.32 Å². The Morgan fingerprint density at radius 3 is 2.73 bits per heavy atom. The van der Waals surface area contributed by atoms with Gasteiger partial charge in [-0.05, 0) is 62.0 Å². The Labute approximate surface area is 186 Å². The second-order valence-electron chi connectivity index (χ2n) is 7.24. The number of nitrogens with zero attached hydrogens (tertiary/aromatic N) is 2. The van der Waals surface area contributed by atoms with E-state index in [0.717, 1.165) is 39.5 Å². The number of nitrogens with one attached hydrogen (secondary N) is 1. The second kappa shape index (κ2) is 9.64. The monoisotopic (exact) mass is 439 g/mol. The van der Waals surface area contributed by atoms with Crippen LogP contribution >= 0.6 is 24.0 Å². The fourth-order valence-corrected chi connectivity index (χ4v) is 4.72. The van der Waals surface area contributed by atoms with Gasteiger partial charge in [-0.15, -0.1) is 0 Å². The standard InChI is InChI=1S/C23H25N3O2S2/c1-16-7-9-17(10-8-16)30-20-12-11-19(28-20)22-21(18-6-3-4-13-24-18)25-23(29)26(22)14-5-15-27-2/h3-4,6-13,21-22H,5,14-15H2,1-2H3,(H,25,29)/t21-,22-/m0/s1. The van der Waals surface area contributed by atoms with Gasteiger partial charge in [-0.1, -0.05) is 35.5 Å². The molecule has 2 atom stereocenters. The highest BCUT2D eigenvalue weighted by molar-refractivity contribution is 7.99. The normalized spacial score (nSPS) is 18.6. The van der Waals surface area contributed by atoms with Crippen LogP contribution in [0.1, 0.15) is 35.5 Å². The van der Waals surface area contributed by atoms with E-state index in [1.807, 2.05) is 30.5 Å². The van der Waals surface area contributed by atoms with Crippen molar-refractivity contribution in [2.75, 3.05) is 20.3 Å². The van der Waals surface area contributed by atoms with Gasteiger partial charge in [0.05, 0.1) is 11.7 Å². The van der Waals surface area contributed by atoms with Crippen molar-refractivity contribution in [3.8, 4) is 0 Å². The van der Waals surface area contributed by atoms with E-state index < -0.39 is 0 Å². The Balaban J connectivity index is 1.60. The predicted octanol–water partition coefficient (Wildman–Crippen LogP) is 5.14. The molecule has 0 radical (unpaired) electrons. The Hall–Kier alpha value is -2.35. The first-order valence-corrected chi connectivity index (χ1v) is 11.2. The SMILES string of the molecule is COCCCN1C(=S)N[C@@H](c2ccccn2)[C@@H]1c1ccc(Sc2ccc(C)cc2)o1. The van der Waals surface area contributed by atoms with Crippen LogP contribution in [0.5, 0.6) is 0 Å². The summed E-state index contributed by atoms with van der Waals surface area (Å²) in [6.07, 6.45) is 2.70. The first kappa shape index (κ1) is 20.9. The highest BCUT2D eigenvalue weighted by atomic mass is 32.2. The van der Waals surface area contributed by atoms with Gasteiger partial charge in [0, 0.05) is 31.4 Å². The van der Waals surface area contributed by atoms with Crippen molar-refractivity contribution in [2.24, 2.45) is 0 Å². The topological polar surface area (TPSA) is 50.5 Å². The minimum absolute atomic E-state index is 0.0587. The third-order valence-corrected chi connectivity index (χ3v) is 6.36. The number of ether oxygens (including phenoxy) is 1. The molecule has 4 rings (SSSR count). The maximum atomic E-state index is 6.30. The average Bonchev–Trinajstić information content (AvgIpc) is 3.35. The lowest BCUT2D eigenvalue weighted by Crippen LogP contribution is -2.31. The third kappa shape index (κ3) is 4.69. The van der Waals surface area contributed by atoms with Crippen LogP contribution in [0.4, 0.5) is 0 Å². The molecule has 1 N–H and O–H groups in total. The van der Waals surface area contributed by atoms with Crippen LogP contribution in [0, 0.1) is 6.92 Å². The molecule has 1 saturated heterocycles. The highest BCUT2D eigenvalue weighted by Gasteiger charge is 2.41. The highest BCUT2D eigenvalue weighted by Crippen LogP contribution is 2.41. The van der Waals surface area contributed by atoms with Crippen LogP contribution in [0.25, 0.3) is 0 Å². The first-order chi connectivity index (χ1) is 14.7. The molecule has 1 aromatic carbocycles. The molecule has 0 bridgehead atoms. The number of furan rings is 1. The number of methoxy groups -OCH3 is 1. The zero-order valence-corrected chi connectivity index (χ0v) is 18.7. The summed E-state index contributed by atoms with van der Waals surface area (Å²) in [6, 6.07) is 18.4. The molecular weight excluding hydrogens is 414 g/mol. The van der Waals surface area contributed by atoms with E-state index in [9.17, 15) is 0 Å². The molecular formula is C23H25N3O2S2. The van der Waals surface area contributed by atoms with Crippen molar-refractivity contribution in [3.63, 3.8) is 0 Å². The molecule has 0 aliphatic carbocycles. The Kier molecular flexibility index (Phi) is 6.72. The van der Waals surface area contributed by atoms with Gasteiger partial charge in [-0.2, -0.15) is 0 Å². The lowest BCUT2D eigenvalue weighted by atomic mass is 10.0. The van der Waals surface area contributed by atoms with Crippen molar-refractivity contribution in [3.05, 3.63) is 77.8 Å². The predicted molar refractivity (Wildman–Crippen MR) is 123 cm³/mol. The lowest BCUT2D eigenvalue weighted by molar-refractivity contribution is 0.176. The van der Waals surface area contributed by atoms with Gasteiger partial charge in [-0.25, -0.2) is 0 Å². The van der Waals surface area contributed by atoms with Gasteiger partial charge in [0.15, 0.2) is 10.2 Å². The number of hydrogen-bond acceptors (Lipinski definition) is 5. The molecule has 0 saturated carbocycles. The van der Waals surface area contributed by atoms with E-state index >= 15 is 0 Å². The van der Waals surface area contributed by atoms with Crippen LogP contribution in [-0.4, -0.2) is 35.3 Å². The summed E-state index contributed by atoms with van der Waals surface area (Å²) < 4.78 is 11.5. The molecule has 2 aromatic heterocycles. The molecule has 30 heavy (non-hydrogen) atoms. The molecule has 1 aliphatic heterocycles. The van der Waals surface area contributed by atoms with Gasteiger partial charge >= 0.3 is 0 Å². The second-order valence-corrected chi connectivity index (χ2v) is 8.70. The fraction of sp³-hybridized carbons (Fsp3) is 0.304. The van der Waals surface area contributed by atoms with Gasteiger partial charge in [0.2, 0.25) is 0 Å². The van der Waals surface area contributed by atoms with Crippen molar-refractivity contribution in [1.82, 2.24) is 15.2 Å². The number of thiocarbonyl (C=S) groups is 1. The van der Waals surface area contributed by atoms with Gasteiger partial charge in [0.25, 0.3) is 0 Å². The molecule has 156 valence electrons. The number of rotatable bonds is 8. The zero-order valence-electron chi connectivity index (χ0n) is 17.1. The molecule has 3 heterocycles. The van der Waals surface area contributed by atoms with Crippen LogP contribution in [0.3, 0.4) is 0 Å². The summed E-state index contributed by atoms with van der Waals surface area (Å²) in [5, 5.41) is 5.03. The average molecular weight is 440 g/mol. The van der Waals surface area contributed by atoms with Gasteiger partial charge in [-0.3, -0.25) is 4.98 Å². The summed E-state index contributed by atoms with van der Waals surface area (Å²) in [4.78, 5) is 7.90. The van der Waals surface area contributed by atoms with E-state index in [0.29, 0.717) is 6.61 Å². The maximum absolute atomic E-state index is 6.30. The fourth-order valence-electron chi connectivity index (χ4n) is 3.61. The van der Waals surface area contributed by atoms with Gasteiger partial charge in [0.1, 0.15) is 11.8 Å². The summed E-state index contributed by atoms with van der Waals surface area (Å²) in [6.45, 7) is 3.56. The number of aryl methyl sites for hydroxylation is 1. The number of hydrogen-bond donors (Lipinski definition) is 1. The smallest absolute Gasteiger partial charge is 0.170 e. The van der Waals surface area contributed by atoms with E-state index in [1.165, 1.54) is 5.56 Å². The van der Waals surface area contributed by atoms with E-state index in [-0.39, 0.29) is 12.1 Å². The van der Waals surface area contributed by atoms with E-state index in [4.69, 9.17) is 21.4 Å². The molecule has 1 fully saturated rings. The third-order valence-electron chi connectivity index (χ3n) is 5.08. The van der Waals surface area contributed by atoms with Crippen molar-refractivity contribution in [1.29, 1.82) is 0 Å².